The third kappa shape index (κ3) is 1.98. The highest BCUT2D eigenvalue weighted by molar-refractivity contribution is 9.10. The lowest BCUT2D eigenvalue weighted by Gasteiger charge is -2.06. The second-order valence-electron chi connectivity index (χ2n) is 4.43. The SMILES string of the molecule is Cc1cc2c(N)cccc2n1C(=O)c1cnc(Br)cn1. The van der Waals surface area contributed by atoms with Crippen LogP contribution in [0.2, 0.25) is 0 Å². The molecule has 0 aliphatic carbocycles. The maximum absolute atomic E-state index is 12.6. The second kappa shape index (κ2) is 4.72. The van der Waals surface area contributed by atoms with Crippen LogP contribution in [0.4, 0.5) is 5.69 Å². The minimum Gasteiger partial charge on any atom is -0.398 e. The predicted octanol–water partition coefficient (Wildman–Crippen LogP) is 2.77. The summed E-state index contributed by atoms with van der Waals surface area (Å²) in [6, 6.07) is 7.40. The maximum Gasteiger partial charge on any atom is 0.282 e. The van der Waals surface area contributed by atoms with Crippen LogP contribution < -0.4 is 5.73 Å². The highest BCUT2D eigenvalue weighted by atomic mass is 79.9. The number of hydrogen-bond acceptors (Lipinski definition) is 4. The summed E-state index contributed by atoms with van der Waals surface area (Å²) in [5, 5.41) is 0.864. The number of halogens is 1. The first-order valence-electron chi connectivity index (χ1n) is 5.96. The topological polar surface area (TPSA) is 73.8 Å². The van der Waals surface area contributed by atoms with Gasteiger partial charge in [0.25, 0.3) is 5.91 Å². The predicted molar refractivity (Wildman–Crippen MR) is 80.5 cm³/mol. The molecule has 0 saturated carbocycles. The Morgan fingerprint density at radius 3 is 2.80 bits per heavy atom. The third-order valence-electron chi connectivity index (χ3n) is 3.11. The van der Waals surface area contributed by atoms with Crippen LogP contribution in [-0.2, 0) is 0 Å². The number of aryl methyl sites for hydroxylation is 1. The van der Waals surface area contributed by atoms with E-state index in [1.807, 2.05) is 31.2 Å². The van der Waals surface area contributed by atoms with Crippen LogP contribution in [0.25, 0.3) is 10.9 Å². The molecule has 0 aliphatic rings. The molecule has 0 spiro atoms. The average molecular weight is 331 g/mol. The van der Waals surface area contributed by atoms with Gasteiger partial charge in [-0.1, -0.05) is 6.07 Å². The molecule has 1 aromatic carbocycles. The van der Waals surface area contributed by atoms with Crippen LogP contribution in [0, 0.1) is 6.92 Å². The summed E-state index contributed by atoms with van der Waals surface area (Å²) < 4.78 is 2.19. The monoisotopic (exact) mass is 330 g/mol. The van der Waals surface area contributed by atoms with Gasteiger partial charge in [0.05, 0.1) is 17.9 Å². The van der Waals surface area contributed by atoms with E-state index in [0.29, 0.717) is 10.3 Å². The van der Waals surface area contributed by atoms with Gasteiger partial charge < -0.3 is 5.73 Å². The average Bonchev–Trinajstić information content (AvgIpc) is 2.77. The first kappa shape index (κ1) is 12.8. The zero-order valence-electron chi connectivity index (χ0n) is 10.7. The van der Waals surface area contributed by atoms with Crippen molar-refractivity contribution in [3.8, 4) is 0 Å². The van der Waals surface area contributed by atoms with Gasteiger partial charge >= 0.3 is 0 Å². The molecule has 5 nitrogen and oxygen atoms in total. The Morgan fingerprint density at radius 1 is 1.30 bits per heavy atom. The minimum atomic E-state index is -0.219. The van der Waals surface area contributed by atoms with Crippen LogP contribution in [0.3, 0.4) is 0 Å². The zero-order valence-corrected chi connectivity index (χ0v) is 12.3. The molecule has 2 aromatic heterocycles. The molecule has 0 saturated heterocycles. The van der Waals surface area contributed by atoms with E-state index in [-0.39, 0.29) is 11.6 Å². The number of nitrogen functional groups attached to an aromatic ring is 1. The van der Waals surface area contributed by atoms with Crippen LogP contribution in [0.15, 0.2) is 41.3 Å². The largest absolute Gasteiger partial charge is 0.398 e. The standard InChI is InChI=1S/C14H11BrN4O/c1-8-5-9-10(16)3-2-4-12(9)19(8)14(20)11-6-18-13(15)7-17-11/h2-7H,16H2,1H3. The van der Waals surface area contributed by atoms with Crippen molar-refractivity contribution in [2.24, 2.45) is 0 Å². The number of nitrogens with two attached hydrogens (primary N) is 1. The lowest BCUT2D eigenvalue weighted by atomic mass is 10.2. The van der Waals surface area contributed by atoms with E-state index in [9.17, 15) is 4.79 Å². The molecule has 0 atom stereocenters. The number of fused-ring (bicyclic) bond motifs is 1. The quantitative estimate of drug-likeness (QED) is 0.696. The number of carbonyl (C=O) groups excluding carboxylic acids is 1. The van der Waals surface area contributed by atoms with Crippen molar-refractivity contribution >= 4 is 38.4 Å². The normalized spacial score (nSPS) is 10.9. The lowest BCUT2D eigenvalue weighted by molar-refractivity contribution is 0.0957. The van der Waals surface area contributed by atoms with Crippen LogP contribution >= 0.6 is 15.9 Å². The smallest absolute Gasteiger partial charge is 0.282 e. The lowest BCUT2D eigenvalue weighted by Crippen LogP contribution is -2.15. The van der Waals surface area contributed by atoms with Gasteiger partial charge in [0.15, 0.2) is 0 Å². The summed E-state index contributed by atoms with van der Waals surface area (Å²) in [5.74, 6) is -0.219. The maximum atomic E-state index is 12.6. The molecular formula is C14H11BrN4O. The highest BCUT2D eigenvalue weighted by Crippen LogP contribution is 2.25. The molecule has 100 valence electrons. The summed E-state index contributed by atoms with van der Waals surface area (Å²) in [6.07, 6.45) is 2.95. The van der Waals surface area contributed by atoms with Gasteiger partial charge in [-0.25, -0.2) is 9.97 Å². The van der Waals surface area contributed by atoms with Crippen LogP contribution in [0.1, 0.15) is 16.2 Å². The molecule has 0 unspecified atom stereocenters. The zero-order chi connectivity index (χ0) is 14.3. The molecule has 0 aliphatic heterocycles. The van der Waals surface area contributed by atoms with Gasteiger partial charge in [0, 0.05) is 16.8 Å². The van der Waals surface area contributed by atoms with Crippen molar-refractivity contribution in [2.75, 3.05) is 5.73 Å². The van der Waals surface area contributed by atoms with E-state index in [2.05, 4.69) is 25.9 Å². The molecule has 3 rings (SSSR count). The summed E-state index contributed by atoms with van der Waals surface area (Å²) >= 11 is 3.20. The molecule has 2 heterocycles. The van der Waals surface area contributed by atoms with Crippen molar-refractivity contribution in [3.05, 3.63) is 52.7 Å². The first-order valence-corrected chi connectivity index (χ1v) is 6.76. The Kier molecular flexibility index (Phi) is 3.02. The number of aromatic nitrogens is 3. The Labute approximate surface area is 123 Å². The molecule has 0 fully saturated rings. The summed E-state index contributed by atoms with van der Waals surface area (Å²) in [5.41, 5.74) is 8.47. The first-order chi connectivity index (χ1) is 9.58. The fraction of sp³-hybridized carbons (Fsp3) is 0.0714. The second-order valence-corrected chi connectivity index (χ2v) is 5.24. The third-order valence-corrected chi connectivity index (χ3v) is 3.52. The summed E-state index contributed by atoms with van der Waals surface area (Å²) in [6.45, 7) is 1.86. The highest BCUT2D eigenvalue weighted by Gasteiger charge is 2.17. The van der Waals surface area contributed by atoms with E-state index in [0.717, 1.165) is 16.6 Å². The molecule has 0 amide bonds. The fourth-order valence-corrected chi connectivity index (χ4v) is 2.40. The van der Waals surface area contributed by atoms with E-state index < -0.39 is 0 Å². The number of hydrogen-bond donors (Lipinski definition) is 1. The molecule has 0 radical (unpaired) electrons. The summed E-state index contributed by atoms with van der Waals surface area (Å²) in [4.78, 5) is 20.7. The van der Waals surface area contributed by atoms with Gasteiger partial charge in [-0.2, -0.15) is 0 Å². The van der Waals surface area contributed by atoms with Crippen LogP contribution in [0.5, 0.6) is 0 Å². The number of anilines is 1. The molecule has 3 aromatic rings. The number of nitrogens with zero attached hydrogens (tertiary/aromatic N) is 3. The van der Waals surface area contributed by atoms with E-state index >= 15 is 0 Å². The van der Waals surface area contributed by atoms with Gasteiger partial charge in [-0.3, -0.25) is 9.36 Å². The van der Waals surface area contributed by atoms with Crippen LogP contribution in [-0.4, -0.2) is 20.4 Å². The minimum absolute atomic E-state index is 0.219. The van der Waals surface area contributed by atoms with Gasteiger partial charge in [0.1, 0.15) is 10.3 Å². The molecule has 2 N–H and O–H groups in total. The van der Waals surface area contributed by atoms with Gasteiger partial charge in [-0.05, 0) is 41.1 Å². The fourth-order valence-electron chi connectivity index (χ4n) is 2.19. The van der Waals surface area contributed by atoms with Crippen molar-refractivity contribution in [3.63, 3.8) is 0 Å². The van der Waals surface area contributed by atoms with Gasteiger partial charge in [0.2, 0.25) is 0 Å². The molecule has 20 heavy (non-hydrogen) atoms. The van der Waals surface area contributed by atoms with E-state index in [1.54, 1.807) is 4.57 Å². The number of rotatable bonds is 1. The van der Waals surface area contributed by atoms with Crippen molar-refractivity contribution in [1.82, 2.24) is 14.5 Å². The summed E-state index contributed by atoms with van der Waals surface area (Å²) in [7, 11) is 0. The number of benzene rings is 1. The Hall–Kier alpha value is -2.21. The number of carbonyl (C=O) groups is 1. The van der Waals surface area contributed by atoms with E-state index in [1.165, 1.54) is 12.4 Å². The Morgan fingerprint density at radius 2 is 2.10 bits per heavy atom. The Bertz CT molecular complexity index is 808. The Balaban J connectivity index is 2.19. The van der Waals surface area contributed by atoms with E-state index in [4.69, 9.17) is 5.73 Å². The van der Waals surface area contributed by atoms with Crippen molar-refractivity contribution in [1.29, 1.82) is 0 Å². The van der Waals surface area contributed by atoms with Crippen molar-refractivity contribution in [2.45, 2.75) is 6.92 Å². The molecule has 0 bridgehead atoms. The van der Waals surface area contributed by atoms with Gasteiger partial charge in [-0.15, -0.1) is 0 Å². The molecular weight excluding hydrogens is 320 g/mol. The van der Waals surface area contributed by atoms with Crippen molar-refractivity contribution < 1.29 is 4.79 Å². The molecule has 6 heteroatoms.